The quantitative estimate of drug-likeness (QED) is 0.581. The lowest BCUT2D eigenvalue weighted by atomic mass is 10.4. The molecular formula is C7H4ClNO. The number of nitrogens with zero attached hydrogens (tertiary/aromatic N) is 1. The fraction of sp³-hybridized carbons (Fsp3) is 0. The topological polar surface area (TPSA) is 36.9 Å². The second-order valence-corrected chi connectivity index (χ2v) is 2.03. The maximum Gasteiger partial charge on any atom is 0.128 e. The molecule has 0 radical (unpaired) electrons. The molecule has 0 unspecified atom stereocenters. The fourth-order valence-electron chi connectivity index (χ4n) is 0.531. The van der Waals surface area contributed by atoms with Gasteiger partial charge in [0.2, 0.25) is 0 Å². The van der Waals surface area contributed by atoms with E-state index in [9.17, 15) is 0 Å². The summed E-state index contributed by atoms with van der Waals surface area (Å²) in [5.41, 5.74) is 0. The summed E-state index contributed by atoms with van der Waals surface area (Å²) in [6, 6.07) is 5.22. The Hall–Kier alpha value is -1.20. The van der Waals surface area contributed by atoms with Crippen molar-refractivity contribution in [3.8, 4) is 6.07 Å². The molecule has 0 aliphatic carbocycles. The fourth-order valence-corrected chi connectivity index (χ4v) is 0.638. The Morgan fingerprint density at radius 2 is 2.60 bits per heavy atom. The third-order valence-electron chi connectivity index (χ3n) is 0.919. The Kier molecular flexibility index (Phi) is 2.14. The molecule has 0 saturated heterocycles. The van der Waals surface area contributed by atoms with E-state index in [0.717, 1.165) is 0 Å². The van der Waals surface area contributed by atoms with E-state index in [1.165, 1.54) is 12.3 Å². The number of allylic oxidation sites excluding steroid dienone is 1. The number of halogens is 1. The van der Waals surface area contributed by atoms with Crippen LogP contribution in [0.5, 0.6) is 0 Å². The Bertz CT molecular complexity index is 268. The minimum atomic E-state index is 0.120. The summed E-state index contributed by atoms with van der Waals surface area (Å²) in [6.07, 6.45) is 2.98. The molecule has 0 fully saturated rings. The molecule has 1 aromatic rings. The van der Waals surface area contributed by atoms with Crippen LogP contribution in [-0.2, 0) is 0 Å². The zero-order valence-corrected chi connectivity index (χ0v) is 5.80. The van der Waals surface area contributed by atoms with Crippen LogP contribution >= 0.6 is 11.6 Å². The molecule has 0 N–H and O–H groups in total. The zero-order chi connectivity index (χ0) is 7.40. The number of nitriles is 1. The van der Waals surface area contributed by atoms with E-state index in [2.05, 4.69) is 0 Å². The minimum Gasteiger partial charge on any atom is -0.465 e. The van der Waals surface area contributed by atoms with Gasteiger partial charge in [-0.1, -0.05) is 11.6 Å². The molecule has 0 aliphatic rings. The van der Waals surface area contributed by atoms with Crippen molar-refractivity contribution in [2.75, 3.05) is 0 Å². The molecule has 0 saturated carbocycles. The average Bonchev–Trinajstić information content (AvgIpc) is 2.40. The number of rotatable bonds is 1. The van der Waals surface area contributed by atoms with Crippen LogP contribution in [0.15, 0.2) is 27.8 Å². The van der Waals surface area contributed by atoms with Gasteiger partial charge < -0.3 is 4.42 Å². The van der Waals surface area contributed by atoms with E-state index in [4.69, 9.17) is 21.3 Å². The molecule has 0 bridgehead atoms. The highest BCUT2D eigenvalue weighted by Crippen LogP contribution is 2.08. The van der Waals surface area contributed by atoms with Crippen LogP contribution in [-0.4, -0.2) is 0 Å². The summed E-state index contributed by atoms with van der Waals surface area (Å²) in [5.74, 6) is 0.589. The van der Waals surface area contributed by atoms with Gasteiger partial charge in [-0.2, -0.15) is 5.26 Å². The second-order valence-electron chi connectivity index (χ2n) is 1.62. The van der Waals surface area contributed by atoms with Gasteiger partial charge in [0.1, 0.15) is 16.9 Å². The molecule has 0 spiro atoms. The van der Waals surface area contributed by atoms with E-state index >= 15 is 0 Å². The maximum absolute atomic E-state index is 8.24. The lowest BCUT2D eigenvalue weighted by Crippen LogP contribution is -1.63. The molecule has 0 aromatic carbocycles. The normalized spacial score (nSPS) is 11.0. The van der Waals surface area contributed by atoms with Crippen LogP contribution in [0.3, 0.4) is 0 Å². The van der Waals surface area contributed by atoms with Crippen molar-refractivity contribution in [3.05, 3.63) is 29.2 Å². The van der Waals surface area contributed by atoms with Crippen LogP contribution in [0.25, 0.3) is 6.08 Å². The summed E-state index contributed by atoms with van der Waals surface area (Å²) in [5, 5.41) is 8.36. The SMILES string of the molecule is N#CC(Cl)=Cc1ccco1. The number of hydrogen-bond donors (Lipinski definition) is 0. The molecule has 0 atom stereocenters. The van der Waals surface area contributed by atoms with Crippen molar-refractivity contribution in [2.24, 2.45) is 0 Å². The van der Waals surface area contributed by atoms with Gasteiger partial charge in [0.05, 0.1) is 6.26 Å². The van der Waals surface area contributed by atoms with Gasteiger partial charge in [0.15, 0.2) is 0 Å². The third kappa shape index (κ3) is 1.64. The molecule has 2 nitrogen and oxygen atoms in total. The highest BCUT2D eigenvalue weighted by atomic mass is 35.5. The summed E-state index contributed by atoms with van der Waals surface area (Å²) in [6.45, 7) is 0. The van der Waals surface area contributed by atoms with Crippen molar-refractivity contribution in [2.45, 2.75) is 0 Å². The molecule has 0 aliphatic heterocycles. The Labute approximate surface area is 63.3 Å². The Morgan fingerprint density at radius 1 is 1.80 bits per heavy atom. The molecular weight excluding hydrogens is 150 g/mol. The first-order chi connectivity index (χ1) is 4.83. The maximum atomic E-state index is 8.24. The van der Waals surface area contributed by atoms with Gasteiger partial charge in [0.25, 0.3) is 0 Å². The van der Waals surface area contributed by atoms with Gasteiger partial charge in [-0.25, -0.2) is 0 Å². The van der Waals surface area contributed by atoms with E-state index in [-0.39, 0.29) is 5.03 Å². The molecule has 1 heterocycles. The molecule has 1 aromatic heterocycles. The van der Waals surface area contributed by atoms with Gasteiger partial charge in [-0.15, -0.1) is 0 Å². The van der Waals surface area contributed by atoms with Crippen molar-refractivity contribution in [1.29, 1.82) is 5.26 Å². The predicted molar refractivity (Wildman–Crippen MR) is 38.2 cm³/mol. The summed E-state index contributed by atoms with van der Waals surface area (Å²) in [7, 11) is 0. The zero-order valence-electron chi connectivity index (χ0n) is 5.04. The lowest BCUT2D eigenvalue weighted by Gasteiger charge is -1.80. The first kappa shape index (κ1) is 6.91. The summed E-state index contributed by atoms with van der Waals surface area (Å²) >= 11 is 5.40. The third-order valence-corrected chi connectivity index (χ3v) is 1.11. The van der Waals surface area contributed by atoms with Crippen molar-refractivity contribution >= 4 is 17.7 Å². The largest absolute Gasteiger partial charge is 0.465 e. The molecule has 0 amide bonds. The van der Waals surface area contributed by atoms with Gasteiger partial charge in [-0.05, 0) is 12.1 Å². The van der Waals surface area contributed by atoms with Gasteiger partial charge in [0, 0.05) is 6.08 Å². The molecule has 1 rings (SSSR count). The molecule has 50 valence electrons. The van der Waals surface area contributed by atoms with Gasteiger partial charge in [-0.3, -0.25) is 0 Å². The van der Waals surface area contributed by atoms with E-state index in [0.29, 0.717) is 5.76 Å². The van der Waals surface area contributed by atoms with Crippen LogP contribution in [0.1, 0.15) is 5.76 Å². The average molecular weight is 154 g/mol. The van der Waals surface area contributed by atoms with Crippen LogP contribution in [0.2, 0.25) is 0 Å². The first-order valence-corrected chi connectivity index (χ1v) is 3.01. The monoisotopic (exact) mass is 153 g/mol. The predicted octanol–water partition coefficient (Wildman–Crippen LogP) is 2.38. The smallest absolute Gasteiger partial charge is 0.128 e. The van der Waals surface area contributed by atoms with Crippen LogP contribution in [0.4, 0.5) is 0 Å². The highest BCUT2D eigenvalue weighted by molar-refractivity contribution is 6.33. The second kappa shape index (κ2) is 3.09. The summed E-state index contributed by atoms with van der Waals surface area (Å²) in [4.78, 5) is 0. The van der Waals surface area contributed by atoms with Crippen molar-refractivity contribution in [1.82, 2.24) is 0 Å². The van der Waals surface area contributed by atoms with E-state index in [1.54, 1.807) is 18.2 Å². The van der Waals surface area contributed by atoms with E-state index < -0.39 is 0 Å². The summed E-state index contributed by atoms with van der Waals surface area (Å²) < 4.78 is 4.89. The van der Waals surface area contributed by atoms with Crippen molar-refractivity contribution in [3.63, 3.8) is 0 Å². The molecule has 3 heteroatoms. The molecule has 10 heavy (non-hydrogen) atoms. The van der Waals surface area contributed by atoms with Gasteiger partial charge >= 0.3 is 0 Å². The van der Waals surface area contributed by atoms with Crippen molar-refractivity contribution < 1.29 is 4.42 Å². The Morgan fingerprint density at radius 3 is 3.10 bits per heavy atom. The minimum absolute atomic E-state index is 0.120. The Balaban J connectivity index is 2.83. The first-order valence-electron chi connectivity index (χ1n) is 2.64. The lowest BCUT2D eigenvalue weighted by molar-refractivity contribution is 0.557. The highest BCUT2D eigenvalue weighted by Gasteiger charge is 1.91. The number of furan rings is 1. The number of hydrogen-bond acceptors (Lipinski definition) is 2. The van der Waals surface area contributed by atoms with Crippen LogP contribution in [0, 0.1) is 11.3 Å². The van der Waals surface area contributed by atoms with E-state index in [1.807, 2.05) is 0 Å². The van der Waals surface area contributed by atoms with Crippen LogP contribution < -0.4 is 0 Å². The standard InChI is InChI=1S/C7H4ClNO/c8-6(5-9)4-7-2-1-3-10-7/h1-4H.